The number of nitrogens with one attached hydrogen (secondary N) is 1. The van der Waals surface area contributed by atoms with Crippen LogP contribution in [-0.4, -0.2) is 17.2 Å². The fourth-order valence-corrected chi connectivity index (χ4v) is 3.39. The molecule has 5 nitrogen and oxygen atoms in total. The molecule has 5 heteroatoms. The molecule has 2 atom stereocenters. The fourth-order valence-electron chi connectivity index (χ4n) is 3.39. The van der Waals surface area contributed by atoms with E-state index in [1.54, 1.807) is 19.4 Å². The van der Waals surface area contributed by atoms with Gasteiger partial charge in [0.1, 0.15) is 17.5 Å². The number of para-hydroxylation sites is 1. The highest BCUT2D eigenvalue weighted by molar-refractivity contribution is 5.67. The van der Waals surface area contributed by atoms with E-state index >= 15 is 0 Å². The first kappa shape index (κ1) is 17.1. The topological polar surface area (TPSA) is 71.0 Å². The lowest BCUT2D eigenvalue weighted by molar-refractivity contribution is -0.731. The smallest absolute Gasteiger partial charge is 0.188 e. The van der Waals surface area contributed by atoms with Crippen LogP contribution in [0.2, 0.25) is 0 Å². The van der Waals surface area contributed by atoms with E-state index in [9.17, 15) is 5.11 Å². The minimum absolute atomic E-state index is 0.0190. The summed E-state index contributed by atoms with van der Waals surface area (Å²) in [5.41, 5.74) is 4.00. The van der Waals surface area contributed by atoms with E-state index in [0.717, 1.165) is 28.1 Å². The molecule has 2 unspecified atom stereocenters. The summed E-state index contributed by atoms with van der Waals surface area (Å²) in [6.45, 7) is 0. The van der Waals surface area contributed by atoms with Crippen molar-refractivity contribution in [2.75, 3.05) is 7.11 Å². The molecule has 3 aromatic rings. The fraction of sp³-hybridized carbons (Fsp3) is 0.136. The Balaban J connectivity index is 1.76. The zero-order chi connectivity index (χ0) is 18.6. The number of rotatable bonds is 4. The van der Waals surface area contributed by atoms with Gasteiger partial charge in [0.05, 0.1) is 12.7 Å². The molecule has 0 fully saturated rings. The van der Waals surface area contributed by atoms with Crippen LogP contribution in [0.5, 0.6) is 11.5 Å². The Labute approximate surface area is 158 Å². The first-order valence-corrected chi connectivity index (χ1v) is 8.90. The van der Waals surface area contributed by atoms with E-state index in [1.807, 2.05) is 48.7 Å². The summed E-state index contributed by atoms with van der Waals surface area (Å²) in [6, 6.07) is 19.4. The highest BCUT2D eigenvalue weighted by Crippen LogP contribution is 2.29. The Morgan fingerprint density at radius 1 is 1.07 bits per heavy atom. The van der Waals surface area contributed by atoms with Crippen molar-refractivity contribution >= 4 is 5.70 Å². The Hall–Kier alpha value is -3.31. The monoisotopic (exact) mass is 360 g/mol. The van der Waals surface area contributed by atoms with Crippen molar-refractivity contribution in [3.8, 4) is 11.5 Å². The van der Waals surface area contributed by atoms with Gasteiger partial charge in [-0.3, -0.25) is 4.98 Å². The van der Waals surface area contributed by atoms with Crippen molar-refractivity contribution in [1.82, 2.24) is 10.3 Å². The average molecular weight is 360 g/mol. The summed E-state index contributed by atoms with van der Waals surface area (Å²) < 4.78 is 5.37. The first-order chi connectivity index (χ1) is 13.2. The predicted molar refractivity (Wildman–Crippen MR) is 104 cm³/mol. The first-order valence-electron chi connectivity index (χ1n) is 8.90. The number of ether oxygens (including phenoxy) is 1. The van der Waals surface area contributed by atoms with Crippen LogP contribution in [0.25, 0.3) is 5.70 Å². The van der Waals surface area contributed by atoms with Gasteiger partial charge in [-0.2, -0.15) is 0 Å². The van der Waals surface area contributed by atoms with Crippen LogP contribution in [0, 0.1) is 0 Å². The maximum Gasteiger partial charge on any atom is 0.188 e. The largest absolute Gasteiger partial charge is 0.507 e. The predicted octanol–water partition coefficient (Wildman–Crippen LogP) is 2.74. The Morgan fingerprint density at radius 3 is 2.74 bits per heavy atom. The third-order valence-corrected chi connectivity index (χ3v) is 4.78. The second kappa shape index (κ2) is 7.51. The molecule has 2 aromatic carbocycles. The molecular formula is C22H22N3O2+. The number of hydrogen-bond donors (Lipinski definition) is 3. The molecule has 1 aliphatic rings. The van der Waals surface area contributed by atoms with Gasteiger partial charge in [0.25, 0.3) is 0 Å². The summed E-state index contributed by atoms with van der Waals surface area (Å²) >= 11 is 0. The van der Waals surface area contributed by atoms with Gasteiger partial charge in [-0.1, -0.05) is 24.3 Å². The molecular weight excluding hydrogens is 338 g/mol. The number of benzene rings is 2. The average Bonchev–Trinajstić information content (AvgIpc) is 2.74. The minimum atomic E-state index is -0.0288. The number of aromatic nitrogens is 1. The van der Waals surface area contributed by atoms with Crippen LogP contribution in [0.4, 0.5) is 0 Å². The third kappa shape index (κ3) is 3.64. The number of phenols is 1. The molecule has 2 heterocycles. The molecule has 0 saturated carbocycles. The summed E-state index contributed by atoms with van der Waals surface area (Å²) in [6.07, 6.45) is 5.75. The van der Waals surface area contributed by atoms with Crippen molar-refractivity contribution in [3.05, 3.63) is 95.8 Å². The molecule has 27 heavy (non-hydrogen) atoms. The van der Waals surface area contributed by atoms with Gasteiger partial charge in [0.15, 0.2) is 6.17 Å². The zero-order valence-electron chi connectivity index (χ0n) is 15.0. The molecule has 0 bridgehead atoms. The number of hydrogen-bond acceptors (Lipinski definition) is 4. The summed E-state index contributed by atoms with van der Waals surface area (Å²) in [5, 5.41) is 16.1. The number of pyridine rings is 1. The lowest BCUT2D eigenvalue weighted by atomic mass is 9.98. The number of methoxy groups -OCH3 is 1. The minimum Gasteiger partial charge on any atom is -0.507 e. The number of nitrogens with zero attached hydrogens (tertiary/aromatic N) is 1. The molecule has 0 amide bonds. The van der Waals surface area contributed by atoms with Gasteiger partial charge in [-0.15, -0.1) is 0 Å². The number of phenolic OH excluding ortho intramolecular Hbond substituents is 1. The number of aromatic hydroxyl groups is 1. The molecule has 4 rings (SSSR count). The Bertz CT molecular complexity index is 957. The number of quaternary nitrogens is 1. The van der Waals surface area contributed by atoms with E-state index in [4.69, 9.17) is 4.74 Å². The van der Waals surface area contributed by atoms with E-state index in [0.29, 0.717) is 5.75 Å². The van der Waals surface area contributed by atoms with E-state index in [-0.39, 0.29) is 12.2 Å². The van der Waals surface area contributed by atoms with Crippen LogP contribution in [0.3, 0.4) is 0 Å². The van der Waals surface area contributed by atoms with Crippen LogP contribution in [0.1, 0.15) is 28.9 Å². The molecule has 136 valence electrons. The van der Waals surface area contributed by atoms with Gasteiger partial charge in [0, 0.05) is 35.3 Å². The van der Waals surface area contributed by atoms with Gasteiger partial charge in [-0.25, -0.2) is 0 Å². The lowest BCUT2D eigenvalue weighted by Crippen LogP contribution is -2.89. The molecule has 0 spiro atoms. The quantitative estimate of drug-likeness (QED) is 0.669. The van der Waals surface area contributed by atoms with Crippen molar-refractivity contribution in [1.29, 1.82) is 0 Å². The molecule has 0 aliphatic carbocycles. The van der Waals surface area contributed by atoms with Crippen molar-refractivity contribution in [3.63, 3.8) is 0 Å². The summed E-state index contributed by atoms with van der Waals surface area (Å²) in [4.78, 5) is 4.25. The zero-order valence-corrected chi connectivity index (χ0v) is 15.0. The molecule has 4 N–H and O–H groups in total. The summed E-state index contributed by atoms with van der Waals surface area (Å²) in [7, 11) is 1.67. The van der Waals surface area contributed by atoms with Gasteiger partial charge in [-0.05, 0) is 36.4 Å². The van der Waals surface area contributed by atoms with Crippen LogP contribution >= 0.6 is 0 Å². The second-order valence-electron chi connectivity index (χ2n) is 6.50. The third-order valence-electron chi connectivity index (χ3n) is 4.78. The van der Waals surface area contributed by atoms with E-state index in [2.05, 4.69) is 33.8 Å². The van der Waals surface area contributed by atoms with E-state index < -0.39 is 0 Å². The highest BCUT2D eigenvalue weighted by atomic mass is 16.5. The second-order valence-corrected chi connectivity index (χ2v) is 6.50. The molecule has 1 aromatic heterocycles. The van der Waals surface area contributed by atoms with Crippen molar-refractivity contribution < 1.29 is 15.2 Å². The summed E-state index contributed by atoms with van der Waals surface area (Å²) in [5.74, 6) is 1.11. The normalized spacial score (nSPS) is 19.1. The van der Waals surface area contributed by atoms with Crippen molar-refractivity contribution in [2.24, 2.45) is 0 Å². The maximum absolute atomic E-state index is 10.4. The standard InChI is InChI=1S/C22H21N3O2/c1-27-17-8-4-6-15(12-17)19-13-20(18-9-2-3-10-21(18)26)25-22(24-19)16-7-5-11-23-14-16/h2-14,20,22,24-26H,1H3/p+1. The van der Waals surface area contributed by atoms with Crippen LogP contribution in [-0.2, 0) is 0 Å². The molecule has 0 saturated heterocycles. The van der Waals surface area contributed by atoms with E-state index in [1.165, 1.54) is 0 Å². The Kier molecular flexibility index (Phi) is 4.77. The molecule has 1 aliphatic heterocycles. The SMILES string of the molecule is COc1cccc(C2=CC(c3ccccc3O)[NH2+]C(c3cccnc3)N2)c1. The highest BCUT2D eigenvalue weighted by Gasteiger charge is 2.29. The Morgan fingerprint density at radius 2 is 1.96 bits per heavy atom. The molecule has 0 radical (unpaired) electrons. The van der Waals surface area contributed by atoms with Gasteiger partial charge in [0.2, 0.25) is 0 Å². The van der Waals surface area contributed by atoms with Crippen molar-refractivity contribution in [2.45, 2.75) is 12.2 Å². The maximum atomic E-state index is 10.4. The van der Waals surface area contributed by atoms with Gasteiger partial charge >= 0.3 is 0 Å². The lowest BCUT2D eigenvalue weighted by Gasteiger charge is -2.30. The van der Waals surface area contributed by atoms with Crippen LogP contribution < -0.4 is 15.4 Å². The number of nitrogens with two attached hydrogens (primary N) is 1. The van der Waals surface area contributed by atoms with Gasteiger partial charge < -0.3 is 20.5 Å². The van der Waals surface area contributed by atoms with Crippen LogP contribution in [0.15, 0.2) is 79.1 Å².